The van der Waals surface area contributed by atoms with Crippen LogP contribution in [0.3, 0.4) is 0 Å². The van der Waals surface area contributed by atoms with Crippen LogP contribution in [0.15, 0.2) is 0 Å². The van der Waals surface area contributed by atoms with Gasteiger partial charge >= 0.3 is 47.8 Å². The number of carboxylic acid groups (broad SMARTS) is 2. The van der Waals surface area contributed by atoms with E-state index in [1.807, 2.05) is 0 Å². The zero-order chi connectivity index (χ0) is 28.2. The second-order valence-electron chi connectivity index (χ2n) is 6.71. The molecule has 0 rings (SSSR count). The molecular formula is C19H24O17. The Bertz CT molecular complexity index is 807. The molecule has 0 aliphatic carbocycles. The third-order valence-corrected chi connectivity index (χ3v) is 3.51. The molecule has 0 bridgehead atoms. The number of aliphatic carboxylic acids is 2. The average Bonchev–Trinajstić information content (AvgIpc) is 2.73. The lowest BCUT2D eigenvalue weighted by Gasteiger charge is -2.23. The summed E-state index contributed by atoms with van der Waals surface area (Å²) in [6.07, 6.45) is -10.9. The fraction of sp³-hybridized carbons (Fsp3) is 0.579. The van der Waals surface area contributed by atoms with Gasteiger partial charge in [-0.2, -0.15) is 0 Å². The highest BCUT2D eigenvalue weighted by Crippen LogP contribution is 2.11. The van der Waals surface area contributed by atoms with Crippen molar-refractivity contribution < 1.29 is 82.1 Å². The molecule has 0 spiro atoms. The zero-order valence-electron chi connectivity index (χ0n) is 19.4. The van der Waals surface area contributed by atoms with Crippen LogP contribution in [-0.4, -0.2) is 107 Å². The summed E-state index contributed by atoms with van der Waals surface area (Å²) in [6.45, 7) is 1.32. The molecule has 0 fully saturated rings. The van der Waals surface area contributed by atoms with Crippen LogP contribution in [0.4, 0.5) is 0 Å². The molecule has 4 unspecified atom stereocenters. The molecule has 0 saturated carbocycles. The molecule has 0 aromatic rings. The van der Waals surface area contributed by atoms with E-state index in [4.69, 9.17) is 10.2 Å². The van der Waals surface area contributed by atoms with Crippen molar-refractivity contribution in [2.45, 2.75) is 58.2 Å². The van der Waals surface area contributed by atoms with Crippen molar-refractivity contribution in [3.8, 4) is 0 Å². The van der Waals surface area contributed by atoms with Crippen molar-refractivity contribution in [2.24, 2.45) is 0 Å². The number of carbonyl (C=O) groups is 8. The average molecular weight is 524 g/mol. The van der Waals surface area contributed by atoms with E-state index >= 15 is 0 Å². The highest BCUT2D eigenvalue weighted by Gasteiger charge is 2.42. The van der Waals surface area contributed by atoms with Crippen LogP contribution in [0.25, 0.3) is 0 Å². The summed E-state index contributed by atoms with van der Waals surface area (Å²) in [7, 11) is 0. The molecule has 202 valence electrons. The van der Waals surface area contributed by atoms with Gasteiger partial charge in [-0.25, -0.2) is 19.2 Å². The summed E-state index contributed by atoms with van der Waals surface area (Å²) < 4.78 is 27.2. The zero-order valence-corrected chi connectivity index (χ0v) is 19.4. The van der Waals surface area contributed by atoms with Crippen LogP contribution >= 0.6 is 0 Å². The van der Waals surface area contributed by atoms with E-state index in [1.54, 1.807) is 0 Å². The first-order valence-corrected chi connectivity index (χ1v) is 9.72. The standard InChI is InChI=1S/C19H24O17/c1-7(20)33-12(16(25)26)14(35-9(3)22)18(29)31-5-11(24)6-32-19(30)15(36-10(4)23)13(17(27)28)34-8(2)21/h11-15,24H,5-6H2,1-4H3,(H,25,26)(H,27,28). The molecule has 0 radical (unpaired) electrons. The number of carboxylic acids is 2. The Labute approximate surface area is 202 Å². The van der Waals surface area contributed by atoms with Gasteiger partial charge in [-0.15, -0.1) is 0 Å². The minimum Gasteiger partial charge on any atom is -0.478 e. The third-order valence-electron chi connectivity index (χ3n) is 3.51. The third kappa shape index (κ3) is 11.7. The second kappa shape index (κ2) is 14.9. The fourth-order valence-electron chi connectivity index (χ4n) is 2.23. The number of carbonyl (C=O) groups excluding carboxylic acids is 6. The van der Waals surface area contributed by atoms with Gasteiger partial charge in [-0.3, -0.25) is 19.2 Å². The van der Waals surface area contributed by atoms with Crippen molar-refractivity contribution in [1.82, 2.24) is 0 Å². The molecule has 3 N–H and O–H groups in total. The first-order valence-electron chi connectivity index (χ1n) is 9.72. The molecule has 0 saturated heterocycles. The minimum absolute atomic E-state index is 0.820. The molecule has 4 atom stereocenters. The lowest BCUT2D eigenvalue weighted by atomic mass is 10.2. The maximum atomic E-state index is 12.2. The van der Waals surface area contributed by atoms with Crippen molar-refractivity contribution >= 4 is 47.8 Å². The summed E-state index contributed by atoms with van der Waals surface area (Å²) in [5.74, 6) is -11.4. The van der Waals surface area contributed by atoms with E-state index in [-0.39, 0.29) is 0 Å². The van der Waals surface area contributed by atoms with Crippen LogP contribution in [0.5, 0.6) is 0 Å². The molecule has 0 aromatic heterocycles. The lowest BCUT2D eigenvalue weighted by molar-refractivity contribution is -0.192. The van der Waals surface area contributed by atoms with E-state index in [1.165, 1.54) is 0 Å². The van der Waals surface area contributed by atoms with Crippen LogP contribution < -0.4 is 0 Å². The summed E-state index contributed by atoms with van der Waals surface area (Å²) in [6, 6.07) is 0. The maximum Gasteiger partial charge on any atom is 0.352 e. The predicted molar refractivity (Wildman–Crippen MR) is 105 cm³/mol. The smallest absolute Gasteiger partial charge is 0.352 e. The molecule has 0 heterocycles. The summed E-state index contributed by atoms with van der Waals surface area (Å²) >= 11 is 0. The second-order valence-corrected chi connectivity index (χ2v) is 6.71. The van der Waals surface area contributed by atoms with E-state index in [0.717, 1.165) is 27.7 Å². The molecule has 0 aliphatic heterocycles. The molecule has 0 aliphatic rings. The minimum atomic E-state index is -2.28. The van der Waals surface area contributed by atoms with Crippen molar-refractivity contribution in [2.75, 3.05) is 13.2 Å². The number of ether oxygens (including phenoxy) is 6. The normalized spacial score (nSPS) is 14.5. The molecule has 36 heavy (non-hydrogen) atoms. The van der Waals surface area contributed by atoms with Gasteiger partial charge < -0.3 is 43.7 Å². The number of esters is 6. The highest BCUT2D eigenvalue weighted by atomic mass is 16.6. The van der Waals surface area contributed by atoms with E-state index in [0.29, 0.717) is 0 Å². The van der Waals surface area contributed by atoms with Crippen molar-refractivity contribution in [1.29, 1.82) is 0 Å². The van der Waals surface area contributed by atoms with Gasteiger partial charge in [0.2, 0.25) is 24.4 Å². The highest BCUT2D eigenvalue weighted by molar-refractivity contribution is 5.89. The quantitative estimate of drug-likeness (QED) is 0.155. The van der Waals surface area contributed by atoms with E-state index < -0.39 is 91.5 Å². The molecular weight excluding hydrogens is 500 g/mol. The monoisotopic (exact) mass is 524 g/mol. The van der Waals surface area contributed by atoms with Crippen LogP contribution in [0.1, 0.15) is 27.7 Å². The Morgan fingerprint density at radius 2 is 0.778 bits per heavy atom. The van der Waals surface area contributed by atoms with Gasteiger partial charge in [0.25, 0.3) is 0 Å². The molecule has 17 heteroatoms. The summed E-state index contributed by atoms with van der Waals surface area (Å²) in [4.78, 5) is 91.6. The van der Waals surface area contributed by atoms with Crippen molar-refractivity contribution in [3.05, 3.63) is 0 Å². The van der Waals surface area contributed by atoms with Gasteiger partial charge in [0, 0.05) is 27.7 Å². The number of aliphatic hydroxyl groups excluding tert-OH is 1. The molecule has 17 nitrogen and oxygen atoms in total. The van der Waals surface area contributed by atoms with Gasteiger partial charge in [0.05, 0.1) is 0 Å². The lowest BCUT2D eigenvalue weighted by Crippen LogP contribution is -2.47. The Morgan fingerprint density at radius 1 is 0.528 bits per heavy atom. The Kier molecular flexibility index (Phi) is 13.1. The SMILES string of the molecule is CC(=O)OC(C(=O)O)C(OC(C)=O)C(=O)OCC(O)COC(=O)C(OC(C)=O)C(OC(C)=O)C(=O)O. The maximum absolute atomic E-state index is 12.2. The van der Waals surface area contributed by atoms with Crippen LogP contribution in [0, 0.1) is 0 Å². The number of aliphatic hydroxyl groups is 1. The Hall–Kier alpha value is -4.28. The summed E-state index contributed by atoms with van der Waals surface area (Å²) in [5.41, 5.74) is 0. The number of hydrogen-bond acceptors (Lipinski definition) is 15. The summed E-state index contributed by atoms with van der Waals surface area (Å²) in [5, 5.41) is 28.2. The topological polar surface area (TPSA) is 253 Å². The van der Waals surface area contributed by atoms with Crippen LogP contribution in [-0.2, 0) is 66.8 Å². The van der Waals surface area contributed by atoms with Gasteiger partial charge in [0.15, 0.2) is 0 Å². The van der Waals surface area contributed by atoms with E-state index in [9.17, 15) is 43.5 Å². The van der Waals surface area contributed by atoms with Gasteiger partial charge in [-0.1, -0.05) is 0 Å². The first kappa shape index (κ1) is 31.7. The Balaban J connectivity index is 5.27. The largest absolute Gasteiger partial charge is 0.478 e. The predicted octanol–water partition coefficient (Wildman–Crippen LogP) is -2.67. The van der Waals surface area contributed by atoms with Gasteiger partial charge in [0.1, 0.15) is 19.3 Å². The van der Waals surface area contributed by atoms with Gasteiger partial charge in [-0.05, 0) is 0 Å². The van der Waals surface area contributed by atoms with E-state index in [2.05, 4.69) is 28.4 Å². The Morgan fingerprint density at radius 3 is 1.00 bits per heavy atom. The number of rotatable bonds is 14. The number of hydrogen-bond donors (Lipinski definition) is 3. The fourth-order valence-corrected chi connectivity index (χ4v) is 2.23. The van der Waals surface area contributed by atoms with Crippen molar-refractivity contribution in [3.63, 3.8) is 0 Å². The molecule has 0 aromatic carbocycles. The molecule has 0 amide bonds. The first-order chi connectivity index (χ1) is 16.6. The van der Waals surface area contributed by atoms with Crippen LogP contribution in [0.2, 0.25) is 0 Å².